The molecular formula is C32H35ClN10O3. The third-order valence-electron chi connectivity index (χ3n) is 8.26. The number of hydrogen-bond donors (Lipinski definition) is 3. The van der Waals surface area contributed by atoms with E-state index in [-0.39, 0.29) is 25.0 Å². The molecule has 2 amide bonds. The molecule has 238 valence electrons. The number of pyridine rings is 1. The Morgan fingerprint density at radius 2 is 1.87 bits per heavy atom. The van der Waals surface area contributed by atoms with Gasteiger partial charge in [-0.15, -0.1) is 0 Å². The van der Waals surface area contributed by atoms with Gasteiger partial charge in [0.15, 0.2) is 0 Å². The summed E-state index contributed by atoms with van der Waals surface area (Å²) in [6.45, 7) is 6.97. The summed E-state index contributed by atoms with van der Waals surface area (Å²) in [5, 5.41) is 16.5. The maximum Gasteiger partial charge on any atom is 0.255 e. The van der Waals surface area contributed by atoms with Crippen LogP contribution in [0.15, 0.2) is 54.9 Å². The molecule has 1 saturated heterocycles. The minimum absolute atomic E-state index is 0.265. The van der Waals surface area contributed by atoms with Gasteiger partial charge < -0.3 is 30.4 Å². The van der Waals surface area contributed by atoms with Crippen molar-refractivity contribution in [3.63, 3.8) is 0 Å². The molecule has 3 aromatic heterocycles. The Balaban J connectivity index is 1.15. The standard InChI is InChI=1S/C32H35ClN10O3/c1-19(30(45)38-26(18-44)25-5-4-6-28(37-25)42-13-11-41(3)12-14-42)43-17-22-8-7-21(15-23(22)31(43)46)29-24(33)16-35-32(40-29)39-27-9-10-34-20(2)36-27/h4-10,15-16,19,26,44H,11-14,17-18H2,1-3H3,(H,38,45)(H,34,35,36,39,40)/t19-,26?/m1/s1. The first-order valence-corrected chi connectivity index (χ1v) is 15.4. The molecular weight excluding hydrogens is 608 g/mol. The van der Waals surface area contributed by atoms with Crippen molar-refractivity contribution in [2.75, 3.05) is 50.1 Å². The molecule has 2 aliphatic heterocycles. The fourth-order valence-corrected chi connectivity index (χ4v) is 5.75. The Morgan fingerprint density at radius 3 is 2.63 bits per heavy atom. The highest BCUT2D eigenvalue weighted by Gasteiger charge is 2.35. The number of rotatable bonds is 9. The Bertz CT molecular complexity index is 1760. The van der Waals surface area contributed by atoms with Gasteiger partial charge in [0.1, 0.15) is 23.5 Å². The van der Waals surface area contributed by atoms with Gasteiger partial charge in [-0.1, -0.05) is 29.8 Å². The van der Waals surface area contributed by atoms with Crippen LogP contribution >= 0.6 is 11.6 Å². The van der Waals surface area contributed by atoms with Gasteiger partial charge in [0, 0.05) is 50.0 Å². The number of halogens is 1. The lowest BCUT2D eigenvalue weighted by atomic mass is 10.0. The summed E-state index contributed by atoms with van der Waals surface area (Å²) < 4.78 is 0. The number of aliphatic hydroxyl groups excluding tert-OH is 1. The summed E-state index contributed by atoms with van der Waals surface area (Å²) in [5.41, 5.74) is 2.89. The molecule has 13 nitrogen and oxygen atoms in total. The van der Waals surface area contributed by atoms with E-state index in [1.165, 1.54) is 11.1 Å². The maximum atomic E-state index is 13.6. The summed E-state index contributed by atoms with van der Waals surface area (Å²) >= 11 is 6.48. The highest BCUT2D eigenvalue weighted by Crippen LogP contribution is 2.32. The molecule has 1 fully saturated rings. The van der Waals surface area contributed by atoms with E-state index in [1.54, 1.807) is 38.2 Å². The van der Waals surface area contributed by atoms with Crippen LogP contribution in [-0.4, -0.2) is 97.5 Å². The summed E-state index contributed by atoms with van der Waals surface area (Å²) in [6, 6.07) is 11.2. The summed E-state index contributed by atoms with van der Waals surface area (Å²) in [4.78, 5) is 55.0. The van der Waals surface area contributed by atoms with Gasteiger partial charge in [0.05, 0.1) is 35.3 Å². The zero-order valence-corrected chi connectivity index (χ0v) is 26.6. The zero-order valence-electron chi connectivity index (χ0n) is 25.8. The number of aliphatic hydroxyl groups is 1. The normalized spacial score (nSPS) is 16.2. The van der Waals surface area contributed by atoms with E-state index in [4.69, 9.17) is 16.6 Å². The molecule has 46 heavy (non-hydrogen) atoms. The predicted octanol–water partition coefficient (Wildman–Crippen LogP) is 2.98. The van der Waals surface area contributed by atoms with Crippen molar-refractivity contribution in [1.29, 1.82) is 0 Å². The van der Waals surface area contributed by atoms with E-state index in [0.717, 1.165) is 37.6 Å². The molecule has 2 atom stereocenters. The van der Waals surface area contributed by atoms with Crippen molar-refractivity contribution in [3.05, 3.63) is 82.5 Å². The Labute approximate surface area is 271 Å². The Kier molecular flexibility index (Phi) is 9.06. The maximum absolute atomic E-state index is 13.6. The van der Waals surface area contributed by atoms with Crippen molar-refractivity contribution in [2.45, 2.75) is 32.5 Å². The molecule has 1 unspecified atom stereocenters. The number of benzene rings is 1. The third-order valence-corrected chi connectivity index (χ3v) is 8.54. The lowest BCUT2D eigenvalue weighted by molar-refractivity contribution is -0.126. The van der Waals surface area contributed by atoms with Gasteiger partial charge in [-0.05, 0) is 50.7 Å². The highest BCUT2D eigenvalue weighted by molar-refractivity contribution is 6.33. The number of likely N-dealkylation sites (N-methyl/N-ethyl adjacent to an activating group) is 1. The van der Waals surface area contributed by atoms with Crippen LogP contribution < -0.4 is 15.5 Å². The lowest BCUT2D eigenvalue weighted by Gasteiger charge is -2.33. The molecule has 0 saturated carbocycles. The first-order valence-electron chi connectivity index (χ1n) is 15.1. The number of aryl methyl sites for hydroxylation is 1. The first kappa shape index (κ1) is 31.3. The molecule has 4 aromatic rings. The average molecular weight is 643 g/mol. The Morgan fingerprint density at radius 1 is 1.07 bits per heavy atom. The quantitative estimate of drug-likeness (QED) is 0.247. The van der Waals surface area contributed by atoms with Crippen molar-refractivity contribution in [1.82, 2.24) is 40.0 Å². The molecule has 0 bridgehead atoms. The predicted molar refractivity (Wildman–Crippen MR) is 174 cm³/mol. The SMILES string of the molecule is Cc1nccc(Nc2ncc(Cl)c(-c3ccc4c(c3)C(=O)N([C@H](C)C(=O)NC(CO)c3cccc(N5CCN(C)CC5)n3)C4)n2)n1. The monoisotopic (exact) mass is 642 g/mol. The minimum atomic E-state index is -0.798. The van der Waals surface area contributed by atoms with Gasteiger partial charge in [-0.2, -0.15) is 0 Å². The van der Waals surface area contributed by atoms with Crippen LogP contribution in [0, 0.1) is 6.92 Å². The van der Waals surface area contributed by atoms with E-state index in [9.17, 15) is 14.7 Å². The van der Waals surface area contributed by atoms with Crippen LogP contribution in [0.3, 0.4) is 0 Å². The number of piperazine rings is 1. The van der Waals surface area contributed by atoms with E-state index < -0.39 is 12.1 Å². The second-order valence-corrected chi connectivity index (χ2v) is 11.8. The zero-order chi connectivity index (χ0) is 32.4. The van der Waals surface area contributed by atoms with E-state index in [0.29, 0.717) is 45.1 Å². The number of anilines is 3. The van der Waals surface area contributed by atoms with Gasteiger partial charge in [0.2, 0.25) is 11.9 Å². The van der Waals surface area contributed by atoms with E-state index >= 15 is 0 Å². The van der Waals surface area contributed by atoms with E-state index in [1.807, 2.05) is 24.3 Å². The largest absolute Gasteiger partial charge is 0.394 e. The van der Waals surface area contributed by atoms with Crippen LogP contribution in [0.2, 0.25) is 5.02 Å². The van der Waals surface area contributed by atoms with Crippen LogP contribution in [0.4, 0.5) is 17.6 Å². The molecule has 0 spiro atoms. The van der Waals surface area contributed by atoms with Crippen LogP contribution in [-0.2, 0) is 11.3 Å². The highest BCUT2D eigenvalue weighted by atomic mass is 35.5. The van der Waals surface area contributed by atoms with Gasteiger partial charge in [0.25, 0.3) is 5.91 Å². The number of amides is 2. The van der Waals surface area contributed by atoms with Crippen molar-refractivity contribution in [3.8, 4) is 11.3 Å². The fraction of sp³-hybridized carbons (Fsp3) is 0.344. The smallest absolute Gasteiger partial charge is 0.255 e. The lowest BCUT2D eigenvalue weighted by Crippen LogP contribution is -2.47. The molecule has 0 aliphatic carbocycles. The summed E-state index contributed by atoms with van der Waals surface area (Å²) in [5.74, 6) is 1.57. The second-order valence-electron chi connectivity index (χ2n) is 11.4. The van der Waals surface area contributed by atoms with Crippen molar-refractivity contribution in [2.24, 2.45) is 0 Å². The molecule has 3 N–H and O–H groups in total. The number of hydrogen-bond acceptors (Lipinski definition) is 11. The average Bonchev–Trinajstić information content (AvgIpc) is 3.39. The number of carbonyl (C=O) groups is 2. The number of fused-ring (bicyclic) bond motifs is 1. The van der Waals surface area contributed by atoms with Crippen LogP contribution in [0.5, 0.6) is 0 Å². The van der Waals surface area contributed by atoms with Crippen molar-refractivity contribution >= 4 is 41.0 Å². The number of carbonyl (C=O) groups excluding carboxylic acids is 2. The van der Waals surface area contributed by atoms with Crippen LogP contribution in [0.25, 0.3) is 11.3 Å². The van der Waals surface area contributed by atoms with E-state index in [2.05, 4.69) is 47.4 Å². The fourth-order valence-electron chi connectivity index (χ4n) is 5.55. The third kappa shape index (κ3) is 6.62. The molecule has 14 heteroatoms. The number of aromatic nitrogens is 5. The van der Waals surface area contributed by atoms with Crippen LogP contribution in [0.1, 0.15) is 40.4 Å². The number of nitrogens with one attached hydrogen (secondary N) is 2. The number of nitrogens with zero attached hydrogens (tertiary/aromatic N) is 8. The van der Waals surface area contributed by atoms with Gasteiger partial charge in [-0.3, -0.25) is 9.59 Å². The molecule has 6 rings (SSSR count). The summed E-state index contributed by atoms with van der Waals surface area (Å²) in [7, 11) is 2.09. The molecule has 1 aromatic carbocycles. The molecule has 0 radical (unpaired) electrons. The molecule has 5 heterocycles. The molecule has 2 aliphatic rings. The minimum Gasteiger partial charge on any atom is -0.394 e. The van der Waals surface area contributed by atoms with Crippen molar-refractivity contribution < 1.29 is 14.7 Å². The van der Waals surface area contributed by atoms with Gasteiger partial charge in [-0.25, -0.2) is 24.9 Å². The Hall–Kier alpha value is -4.72. The first-order chi connectivity index (χ1) is 22.2. The summed E-state index contributed by atoms with van der Waals surface area (Å²) in [6.07, 6.45) is 3.12. The van der Waals surface area contributed by atoms with Gasteiger partial charge >= 0.3 is 0 Å². The topological polar surface area (TPSA) is 153 Å². The second kappa shape index (κ2) is 13.3.